The van der Waals surface area contributed by atoms with E-state index < -0.39 is 11.8 Å². The largest absolute Gasteiger partial charge is 0.733 e. The number of anilines is 1. The monoisotopic (exact) mass is 264 g/mol. The molecule has 0 unspecified atom stereocenters. The number of nitrogens with zero attached hydrogens (tertiary/aromatic N) is 1. The Morgan fingerprint density at radius 3 is 2.68 bits per heavy atom. The van der Waals surface area contributed by atoms with Crippen molar-refractivity contribution < 1.29 is 19.5 Å². The zero-order valence-corrected chi connectivity index (χ0v) is 10.6. The number of Topliss-reactive ketones (excluding diaryl/α,β-unsaturated/α-hetero) is 1. The van der Waals surface area contributed by atoms with Crippen molar-refractivity contribution >= 4 is 23.5 Å². The van der Waals surface area contributed by atoms with E-state index >= 15 is 0 Å². The van der Waals surface area contributed by atoms with E-state index in [1.165, 1.54) is 31.2 Å². The summed E-state index contributed by atoms with van der Waals surface area (Å²) in [5.74, 6) is -1.16. The van der Waals surface area contributed by atoms with Gasteiger partial charge in [0.2, 0.25) is 0 Å². The smallest absolute Gasteiger partial charge is 0.341 e. The molecule has 0 bridgehead atoms. The van der Waals surface area contributed by atoms with Crippen LogP contribution < -0.4 is 5.23 Å². The van der Waals surface area contributed by atoms with Crippen LogP contribution >= 0.6 is 0 Å². The summed E-state index contributed by atoms with van der Waals surface area (Å²) < 4.78 is 4.77. The van der Waals surface area contributed by atoms with E-state index in [2.05, 4.69) is 0 Å². The molecule has 0 fully saturated rings. The van der Waals surface area contributed by atoms with Gasteiger partial charge in [-0.2, -0.15) is 0 Å². The predicted molar refractivity (Wildman–Crippen MR) is 69.4 cm³/mol. The van der Waals surface area contributed by atoms with Gasteiger partial charge in [-0.05, 0) is 37.6 Å². The van der Waals surface area contributed by atoms with Crippen LogP contribution in [-0.4, -0.2) is 23.6 Å². The van der Waals surface area contributed by atoms with Crippen LogP contribution in [0.25, 0.3) is 6.08 Å². The lowest BCUT2D eigenvalue weighted by Crippen LogP contribution is -2.13. The molecule has 19 heavy (non-hydrogen) atoms. The van der Waals surface area contributed by atoms with Gasteiger partial charge in [0.15, 0.2) is 5.78 Å². The summed E-state index contributed by atoms with van der Waals surface area (Å²) in [7, 11) is 0. The first-order chi connectivity index (χ1) is 8.95. The van der Waals surface area contributed by atoms with Gasteiger partial charge in [-0.25, -0.2) is 4.79 Å². The van der Waals surface area contributed by atoms with Crippen molar-refractivity contribution in [3.8, 4) is 0 Å². The molecular weight excluding hydrogens is 250 g/mol. The van der Waals surface area contributed by atoms with Gasteiger partial charge in [0.1, 0.15) is 5.57 Å². The molecule has 6 nitrogen and oxygen atoms in total. The minimum Gasteiger partial charge on any atom is -0.733 e. The molecule has 0 atom stereocenters. The van der Waals surface area contributed by atoms with Crippen molar-refractivity contribution in [3.63, 3.8) is 0 Å². The Kier molecular flexibility index (Phi) is 5.23. The Morgan fingerprint density at radius 1 is 1.47 bits per heavy atom. The SMILES string of the molecule is CCOC(=O)/C(=C\c1cccc(N([O-])O)c1)C(C)=O. The van der Waals surface area contributed by atoms with E-state index in [1.54, 1.807) is 13.0 Å². The number of rotatable bonds is 5. The lowest BCUT2D eigenvalue weighted by molar-refractivity contribution is -0.139. The van der Waals surface area contributed by atoms with Gasteiger partial charge >= 0.3 is 5.97 Å². The molecule has 1 aromatic carbocycles. The van der Waals surface area contributed by atoms with Crippen LogP contribution in [-0.2, 0) is 14.3 Å². The molecule has 0 saturated carbocycles. The molecule has 1 aromatic rings. The van der Waals surface area contributed by atoms with E-state index in [-0.39, 0.29) is 23.1 Å². The van der Waals surface area contributed by atoms with Crippen molar-refractivity contribution in [3.05, 3.63) is 40.6 Å². The Balaban J connectivity index is 3.12. The molecule has 0 spiro atoms. The number of ether oxygens (including phenoxy) is 1. The van der Waals surface area contributed by atoms with Gasteiger partial charge in [-0.1, -0.05) is 12.1 Å². The maximum atomic E-state index is 11.6. The second-order valence-electron chi connectivity index (χ2n) is 3.70. The van der Waals surface area contributed by atoms with Crippen LogP contribution in [0.5, 0.6) is 0 Å². The highest BCUT2D eigenvalue weighted by molar-refractivity contribution is 6.19. The number of esters is 1. The third kappa shape index (κ3) is 4.20. The highest BCUT2D eigenvalue weighted by atomic mass is 16.8. The highest BCUT2D eigenvalue weighted by Gasteiger charge is 2.15. The molecule has 102 valence electrons. The molecule has 0 saturated heterocycles. The zero-order valence-electron chi connectivity index (χ0n) is 10.6. The normalized spacial score (nSPS) is 11.1. The summed E-state index contributed by atoms with van der Waals surface area (Å²) in [4.78, 5) is 23.0. The van der Waals surface area contributed by atoms with Crippen molar-refractivity contribution in [2.45, 2.75) is 13.8 Å². The standard InChI is InChI=1S/C13H14NO5/c1-3-19-13(16)12(9(2)15)8-10-5-4-6-11(7-10)14(17)18/h4-8,17H,3H2,1-2H3/q-1/b12-8-. The summed E-state index contributed by atoms with van der Waals surface area (Å²) >= 11 is 0. The molecule has 0 aliphatic heterocycles. The van der Waals surface area contributed by atoms with Crippen molar-refractivity contribution in [2.24, 2.45) is 0 Å². The first kappa shape index (κ1) is 14.9. The fourth-order valence-corrected chi connectivity index (χ4v) is 1.41. The lowest BCUT2D eigenvalue weighted by atomic mass is 10.1. The molecule has 0 aromatic heterocycles. The summed E-state index contributed by atoms with van der Waals surface area (Å²) in [6, 6.07) is 5.84. The van der Waals surface area contributed by atoms with Crippen LogP contribution in [0.3, 0.4) is 0 Å². The predicted octanol–water partition coefficient (Wildman–Crippen LogP) is 1.92. The number of carbonyl (C=O) groups excluding carboxylic acids is 2. The zero-order chi connectivity index (χ0) is 14.4. The quantitative estimate of drug-likeness (QED) is 0.287. The Bertz CT molecular complexity index is 508. The van der Waals surface area contributed by atoms with E-state index in [0.29, 0.717) is 5.56 Å². The van der Waals surface area contributed by atoms with Crippen LogP contribution in [0, 0.1) is 5.21 Å². The van der Waals surface area contributed by atoms with E-state index in [9.17, 15) is 14.8 Å². The molecular formula is C13H14NO5-. The van der Waals surface area contributed by atoms with E-state index in [0.717, 1.165) is 0 Å². The van der Waals surface area contributed by atoms with Crippen LogP contribution in [0.1, 0.15) is 19.4 Å². The third-order valence-corrected chi connectivity index (χ3v) is 2.28. The number of hydrogen-bond acceptors (Lipinski definition) is 6. The van der Waals surface area contributed by atoms with Gasteiger partial charge < -0.3 is 15.2 Å². The maximum absolute atomic E-state index is 11.6. The van der Waals surface area contributed by atoms with Gasteiger partial charge in [0.05, 0.1) is 12.3 Å². The number of carbonyl (C=O) groups is 2. The second kappa shape index (κ2) is 6.67. The topological polar surface area (TPSA) is 89.9 Å². The summed E-state index contributed by atoms with van der Waals surface area (Å²) in [5, 5.41) is 19.2. The van der Waals surface area contributed by atoms with Crippen molar-refractivity contribution in [1.82, 2.24) is 0 Å². The molecule has 0 amide bonds. The number of benzene rings is 1. The van der Waals surface area contributed by atoms with Gasteiger partial charge in [-0.15, -0.1) is 0 Å². The van der Waals surface area contributed by atoms with E-state index in [1.807, 2.05) is 0 Å². The fraction of sp³-hybridized carbons (Fsp3) is 0.231. The van der Waals surface area contributed by atoms with Crippen LogP contribution in [0.4, 0.5) is 5.69 Å². The number of hydrogen-bond donors (Lipinski definition) is 1. The molecule has 0 heterocycles. The van der Waals surface area contributed by atoms with Crippen LogP contribution in [0.2, 0.25) is 0 Å². The summed E-state index contributed by atoms with van der Waals surface area (Å²) in [6.07, 6.45) is 1.31. The molecule has 0 aliphatic carbocycles. The van der Waals surface area contributed by atoms with Gasteiger partial charge in [0, 0.05) is 0 Å². The molecule has 0 radical (unpaired) electrons. The average Bonchev–Trinajstić information content (AvgIpc) is 2.36. The highest BCUT2D eigenvalue weighted by Crippen LogP contribution is 2.17. The second-order valence-corrected chi connectivity index (χ2v) is 3.70. The summed E-state index contributed by atoms with van der Waals surface area (Å²) in [5.41, 5.74) is 0.320. The van der Waals surface area contributed by atoms with E-state index in [4.69, 9.17) is 9.94 Å². The Labute approximate surface area is 110 Å². The minimum atomic E-state index is -0.719. The maximum Gasteiger partial charge on any atom is 0.341 e. The van der Waals surface area contributed by atoms with Gasteiger partial charge in [0.25, 0.3) is 0 Å². The molecule has 1 N–H and O–H groups in total. The molecule has 6 heteroatoms. The van der Waals surface area contributed by atoms with Gasteiger partial charge in [-0.3, -0.25) is 10.0 Å². The minimum absolute atomic E-state index is 0.000473. The summed E-state index contributed by atoms with van der Waals surface area (Å²) in [6.45, 7) is 3.05. The van der Waals surface area contributed by atoms with Crippen molar-refractivity contribution in [1.29, 1.82) is 0 Å². The Hall–Kier alpha value is -2.18. The first-order valence-electron chi connectivity index (χ1n) is 5.61. The Morgan fingerprint density at radius 2 is 2.16 bits per heavy atom. The molecule has 1 rings (SSSR count). The lowest BCUT2D eigenvalue weighted by Gasteiger charge is -2.21. The third-order valence-electron chi connectivity index (χ3n) is 2.28. The first-order valence-corrected chi connectivity index (χ1v) is 5.61. The van der Waals surface area contributed by atoms with Crippen molar-refractivity contribution in [2.75, 3.05) is 11.8 Å². The van der Waals surface area contributed by atoms with Crippen LogP contribution in [0.15, 0.2) is 29.8 Å². The average molecular weight is 264 g/mol. The fourth-order valence-electron chi connectivity index (χ4n) is 1.41. The molecule has 0 aliphatic rings. The number of ketones is 1.